The number of fused-ring (bicyclic) bond motifs is 2. The van der Waals surface area contributed by atoms with Crippen molar-refractivity contribution in [2.24, 2.45) is 0 Å². The fourth-order valence-electron chi connectivity index (χ4n) is 3.74. The van der Waals surface area contributed by atoms with Crippen molar-refractivity contribution >= 4 is 29.1 Å². The van der Waals surface area contributed by atoms with E-state index in [1.54, 1.807) is 36.5 Å². The van der Waals surface area contributed by atoms with Crippen LogP contribution >= 0.6 is 11.6 Å². The monoisotopic (exact) mass is 443 g/mol. The molecule has 2 aliphatic heterocycles. The van der Waals surface area contributed by atoms with Crippen molar-refractivity contribution in [2.45, 2.75) is 6.42 Å². The summed E-state index contributed by atoms with van der Waals surface area (Å²) < 4.78 is 5.84. The van der Waals surface area contributed by atoms with Gasteiger partial charge in [0.1, 0.15) is 12.1 Å². The number of nitrogens with zero attached hydrogens (tertiary/aromatic N) is 4. The Morgan fingerprint density at radius 2 is 2.03 bits per heavy atom. The zero-order valence-electron chi connectivity index (χ0n) is 17.5. The van der Waals surface area contributed by atoms with Gasteiger partial charge in [0.25, 0.3) is 5.91 Å². The number of likely N-dealkylation sites (N-methyl/N-ethyl adjacent to an activating group) is 1. The molecule has 0 atom stereocenters. The maximum atomic E-state index is 13.2. The van der Waals surface area contributed by atoms with Crippen LogP contribution in [0.25, 0.3) is 0 Å². The van der Waals surface area contributed by atoms with E-state index in [1.165, 1.54) is 4.90 Å². The summed E-state index contributed by atoms with van der Waals surface area (Å²) in [5, 5.41) is 3.38. The van der Waals surface area contributed by atoms with Gasteiger partial charge in [-0.05, 0) is 50.3 Å². The number of pyridine rings is 1. The van der Waals surface area contributed by atoms with Crippen LogP contribution in [0.3, 0.4) is 0 Å². The normalized spacial score (nSPS) is 16.8. The van der Waals surface area contributed by atoms with E-state index < -0.39 is 0 Å². The van der Waals surface area contributed by atoms with Gasteiger partial charge in [-0.3, -0.25) is 14.5 Å². The maximum absolute atomic E-state index is 13.2. The minimum atomic E-state index is -0.350. The van der Waals surface area contributed by atoms with E-state index in [4.69, 9.17) is 16.3 Å². The number of carbonyl (C=O) groups is 2. The molecule has 1 saturated heterocycles. The van der Waals surface area contributed by atoms with Gasteiger partial charge in [0.05, 0.1) is 5.69 Å². The highest BCUT2D eigenvalue weighted by atomic mass is 35.5. The molecule has 8 nitrogen and oxygen atoms in total. The highest BCUT2D eigenvalue weighted by Crippen LogP contribution is 2.39. The Morgan fingerprint density at radius 1 is 1.23 bits per heavy atom. The van der Waals surface area contributed by atoms with Crippen LogP contribution in [-0.2, 0) is 4.79 Å². The van der Waals surface area contributed by atoms with E-state index >= 15 is 0 Å². The third kappa shape index (κ3) is 5.15. The van der Waals surface area contributed by atoms with Crippen LogP contribution in [0.1, 0.15) is 16.8 Å². The standard InChI is InChI=1S/C22H26ClN5O3/c1-26-10-12-27(13-11-26)9-3-8-24-20(29)15-28-18-14-16(23)5-6-19(18)31-21-17(22(28)30)4-2-7-25-21/h2,4-7,14H,3,8-13,15H2,1H3,(H,24,29). The van der Waals surface area contributed by atoms with Crippen molar-refractivity contribution in [1.82, 2.24) is 20.1 Å². The van der Waals surface area contributed by atoms with Crippen molar-refractivity contribution < 1.29 is 14.3 Å². The van der Waals surface area contributed by atoms with Crippen LogP contribution in [0.2, 0.25) is 5.02 Å². The molecule has 4 rings (SSSR count). The lowest BCUT2D eigenvalue weighted by Gasteiger charge is -2.32. The van der Waals surface area contributed by atoms with Crippen molar-refractivity contribution in [3.63, 3.8) is 0 Å². The van der Waals surface area contributed by atoms with Gasteiger partial charge in [0.15, 0.2) is 5.75 Å². The topological polar surface area (TPSA) is 78.0 Å². The van der Waals surface area contributed by atoms with Crippen LogP contribution in [0.15, 0.2) is 36.5 Å². The van der Waals surface area contributed by atoms with Gasteiger partial charge < -0.3 is 19.9 Å². The Labute approximate surface area is 186 Å². The summed E-state index contributed by atoms with van der Waals surface area (Å²) in [6, 6.07) is 8.28. The first kappa shape index (κ1) is 21.5. The Morgan fingerprint density at radius 3 is 2.84 bits per heavy atom. The van der Waals surface area contributed by atoms with Crippen LogP contribution in [-0.4, -0.2) is 79.5 Å². The first-order valence-electron chi connectivity index (χ1n) is 10.4. The molecule has 0 aliphatic carbocycles. The van der Waals surface area contributed by atoms with Gasteiger partial charge in [-0.15, -0.1) is 0 Å². The van der Waals surface area contributed by atoms with Gasteiger partial charge >= 0.3 is 0 Å². The number of carbonyl (C=O) groups excluding carboxylic acids is 2. The molecule has 0 saturated carbocycles. The summed E-state index contributed by atoms with van der Waals surface area (Å²) in [5.41, 5.74) is 0.751. The molecule has 1 aromatic heterocycles. The number of aromatic nitrogens is 1. The van der Waals surface area contributed by atoms with Gasteiger partial charge in [-0.25, -0.2) is 4.98 Å². The number of anilines is 1. The number of rotatable bonds is 6. The molecule has 1 N–H and O–H groups in total. The second-order valence-corrected chi connectivity index (χ2v) is 8.25. The Kier molecular flexibility index (Phi) is 6.70. The third-order valence-electron chi connectivity index (χ3n) is 5.54. The summed E-state index contributed by atoms with van der Waals surface area (Å²) in [5.74, 6) is 0.0610. The molecule has 2 amide bonds. The third-order valence-corrected chi connectivity index (χ3v) is 5.77. The maximum Gasteiger partial charge on any atom is 0.264 e. The average molecular weight is 444 g/mol. The van der Waals surface area contributed by atoms with Gasteiger partial charge in [-0.1, -0.05) is 11.6 Å². The van der Waals surface area contributed by atoms with Crippen molar-refractivity contribution in [3.05, 3.63) is 47.1 Å². The first-order chi connectivity index (χ1) is 15.0. The Hall–Kier alpha value is -2.68. The van der Waals surface area contributed by atoms with E-state index in [0.717, 1.165) is 39.1 Å². The van der Waals surface area contributed by atoms with E-state index in [2.05, 4.69) is 27.1 Å². The van der Waals surface area contributed by atoms with E-state index in [9.17, 15) is 9.59 Å². The van der Waals surface area contributed by atoms with Gasteiger partial charge in [0.2, 0.25) is 11.8 Å². The SMILES string of the molecule is CN1CCN(CCCNC(=O)CN2C(=O)c3cccnc3Oc3ccc(Cl)cc32)CC1. The van der Waals surface area contributed by atoms with Crippen LogP contribution < -0.4 is 15.0 Å². The highest BCUT2D eigenvalue weighted by Gasteiger charge is 2.30. The molecule has 9 heteroatoms. The van der Waals surface area contributed by atoms with Gasteiger partial charge in [0, 0.05) is 43.9 Å². The Bertz CT molecular complexity index is 962. The Balaban J connectivity index is 1.40. The average Bonchev–Trinajstić information content (AvgIpc) is 2.88. The summed E-state index contributed by atoms with van der Waals surface area (Å²) in [6.45, 7) is 5.63. The van der Waals surface area contributed by atoms with Crippen LogP contribution in [0.4, 0.5) is 5.69 Å². The fraction of sp³-hybridized carbons (Fsp3) is 0.409. The number of piperazine rings is 1. The number of nitrogens with one attached hydrogen (secondary N) is 1. The molecular weight excluding hydrogens is 418 g/mol. The van der Waals surface area contributed by atoms with Crippen molar-refractivity contribution in [3.8, 4) is 11.6 Å². The molecule has 0 bridgehead atoms. The van der Waals surface area contributed by atoms with Gasteiger partial charge in [-0.2, -0.15) is 0 Å². The molecule has 2 aromatic rings. The predicted molar refractivity (Wildman–Crippen MR) is 119 cm³/mol. The molecule has 3 heterocycles. The molecule has 31 heavy (non-hydrogen) atoms. The summed E-state index contributed by atoms with van der Waals surface area (Å²) in [7, 11) is 2.13. The first-order valence-corrected chi connectivity index (χ1v) is 10.8. The molecule has 0 unspecified atom stereocenters. The molecule has 1 aromatic carbocycles. The quantitative estimate of drug-likeness (QED) is 0.690. The number of hydrogen-bond acceptors (Lipinski definition) is 6. The number of amides is 2. The highest BCUT2D eigenvalue weighted by molar-refractivity contribution is 6.31. The number of ether oxygens (including phenoxy) is 1. The minimum absolute atomic E-state index is 0.127. The lowest BCUT2D eigenvalue weighted by Crippen LogP contribution is -2.45. The zero-order valence-corrected chi connectivity index (χ0v) is 18.3. The predicted octanol–water partition coefficient (Wildman–Crippen LogP) is 2.24. The smallest absolute Gasteiger partial charge is 0.264 e. The van der Waals surface area contributed by atoms with Crippen LogP contribution in [0.5, 0.6) is 11.6 Å². The van der Waals surface area contributed by atoms with Crippen molar-refractivity contribution in [1.29, 1.82) is 0 Å². The zero-order chi connectivity index (χ0) is 21.8. The van der Waals surface area contributed by atoms with E-state index in [0.29, 0.717) is 28.6 Å². The molecule has 164 valence electrons. The lowest BCUT2D eigenvalue weighted by atomic mass is 10.2. The summed E-state index contributed by atoms with van der Waals surface area (Å²) in [4.78, 5) is 36.1. The summed E-state index contributed by atoms with van der Waals surface area (Å²) in [6.07, 6.45) is 2.42. The summed E-state index contributed by atoms with van der Waals surface area (Å²) >= 11 is 6.16. The lowest BCUT2D eigenvalue weighted by molar-refractivity contribution is -0.119. The molecule has 2 aliphatic rings. The van der Waals surface area contributed by atoms with Crippen molar-refractivity contribution in [2.75, 3.05) is 57.8 Å². The second kappa shape index (κ2) is 9.64. The molecule has 1 fully saturated rings. The second-order valence-electron chi connectivity index (χ2n) is 7.81. The number of hydrogen-bond donors (Lipinski definition) is 1. The fourth-order valence-corrected chi connectivity index (χ4v) is 3.91. The molecule has 0 spiro atoms. The molecular formula is C22H26ClN5O3. The minimum Gasteiger partial charge on any atom is -0.436 e. The molecule has 0 radical (unpaired) electrons. The number of halogens is 1. The van der Waals surface area contributed by atoms with Crippen LogP contribution in [0, 0.1) is 0 Å². The number of benzene rings is 1. The largest absolute Gasteiger partial charge is 0.436 e. The van der Waals surface area contributed by atoms with E-state index in [1.807, 2.05) is 0 Å². The van der Waals surface area contributed by atoms with E-state index in [-0.39, 0.29) is 24.2 Å².